The van der Waals surface area contributed by atoms with Crippen LogP contribution in [0.4, 0.5) is 0 Å². The molecule has 0 aliphatic carbocycles. The van der Waals surface area contributed by atoms with Crippen LogP contribution in [-0.2, 0) is 28.5 Å². The Morgan fingerprint density at radius 2 is 1.44 bits per heavy atom. The Morgan fingerprint density at radius 3 is 1.83 bits per heavy atom. The third kappa shape index (κ3) is 4.36. The van der Waals surface area contributed by atoms with E-state index in [-0.39, 0.29) is 26.4 Å². The largest absolute Gasteiger partial charge is 0.462 e. The number of rotatable bonds is 10. The zero-order valence-electron chi connectivity index (χ0n) is 11.5. The van der Waals surface area contributed by atoms with Gasteiger partial charge in [-0.3, -0.25) is 4.79 Å². The van der Waals surface area contributed by atoms with Crippen LogP contribution in [0.25, 0.3) is 0 Å². The normalized spacial score (nSPS) is 11.3. The molecule has 0 bridgehead atoms. The molecule has 6 nitrogen and oxygen atoms in total. The van der Waals surface area contributed by atoms with Crippen LogP contribution in [0, 0.1) is 0 Å². The molecule has 0 saturated heterocycles. The molecule has 0 heterocycles. The Balaban J connectivity index is 5.05. The van der Waals surface area contributed by atoms with Gasteiger partial charge >= 0.3 is 11.8 Å². The summed E-state index contributed by atoms with van der Waals surface area (Å²) in [7, 11) is 0. The highest BCUT2D eigenvalue weighted by atomic mass is 16.7. The fourth-order valence-corrected chi connectivity index (χ4v) is 1.36. The van der Waals surface area contributed by atoms with Crippen molar-refractivity contribution in [2.75, 3.05) is 33.0 Å². The van der Waals surface area contributed by atoms with Crippen molar-refractivity contribution in [1.82, 2.24) is 0 Å². The van der Waals surface area contributed by atoms with Crippen LogP contribution in [0.3, 0.4) is 0 Å². The van der Waals surface area contributed by atoms with E-state index in [0.717, 1.165) is 0 Å². The van der Waals surface area contributed by atoms with E-state index in [4.69, 9.17) is 18.9 Å². The first-order valence-corrected chi connectivity index (χ1v) is 6.15. The van der Waals surface area contributed by atoms with Crippen LogP contribution in [0.5, 0.6) is 0 Å². The average molecular weight is 262 g/mol. The molecular weight excluding hydrogens is 240 g/mol. The number of ketones is 1. The van der Waals surface area contributed by atoms with E-state index in [2.05, 4.69) is 0 Å². The first-order valence-electron chi connectivity index (χ1n) is 6.15. The number of esters is 1. The van der Waals surface area contributed by atoms with E-state index in [1.807, 2.05) is 0 Å². The lowest BCUT2D eigenvalue weighted by atomic mass is 10.1. The van der Waals surface area contributed by atoms with Crippen molar-refractivity contribution < 1.29 is 28.5 Å². The van der Waals surface area contributed by atoms with E-state index in [9.17, 15) is 9.59 Å². The number of hydrogen-bond donors (Lipinski definition) is 0. The second-order valence-corrected chi connectivity index (χ2v) is 3.26. The first kappa shape index (κ1) is 17.0. The molecule has 0 saturated carbocycles. The molecule has 0 aliphatic rings. The summed E-state index contributed by atoms with van der Waals surface area (Å²) in [4.78, 5) is 23.9. The van der Waals surface area contributed by atoms with E-state index >= 15 is 0 Å². The maximum atomic E-state index is 12.0. The molecule has 0 spiro atoms. The van der Waals surface area contributed by atoms with E-state index in [1.165, 1.54) is 0 Å². The minimum absolute atomic E-state index is 0.142. The third-order valence-corrected chi connectivity index (χ3v) is 2.04. The van der Waals surface area contributed by atoms with Crippen molar-refractivity contribution in [3.63, 3.8) is 0 Å². The lowest BCUT2D eigenvalue weighted by molar-refractivity contribution is -0.239. The molecule has 0 rings (SSSR count). The maximum Gasteiger partial charge on any atom is 0.375 e. The van der Waals surface area contributed by atoms with Crippen LogP contribution < -0.4 is 0 Å². The highest BCUT2D eigenvalue weighted by molar-refractivity contribution is 6.06. The molecular formula is C12H22O6. The molecule has 0 aromatic rings. The Bertz CT molecular complexity index is 257. The van der Waals surface area contributed by atoms with Crippen molar-refractivity contribution >= 4 is 11.8 Å². The summed E-state index contributed by atoms with van der Waals surface area (Å²) in [6.07, 6.45) is 0. The van der Waals surface area contributed by atoms with Gasteiger partial charge in [-0.25, -0.2) is 4.79 Å². The van der Waals surface area contributed by atoms with Crippen LogP contribution in [-0.4, -0.2) is 50.6 Å². The molecule has 0 amide bonds. The number of carbonyl (C=O) groups excluding carboxylic acids is 2. The van der Waals surface area contributed by atoms with Gasteiger partial charge in [-0.1, -0.05) is 0 Å². The first-order chi connectivity index (χ1) is 8.58. The molecule has 106 valence electrons. The molecule has 0 N–H and O–H groups in total. The SMILES string of the molecule is CCOCC(=O)C(OCC)(OCC)C(=O)OCC. The van der Waals surface area contributed by atoms with E-state index in [0.29, 0.717) is 6.61 Å². The second-order valence-electron chi connectivity index (χ2n) is 3.26. The summed E-state index contributed by atoms with van der Waals surface area (Å²) >= 11 is 0. The lowest BCUT2D eigenvalue weighted by Crippen LogP contribution is -2.54. The smallest absolute Gasteiger partial charge is 0.375 e. The van der Waals surface area contributed by atoms with Gasteiger partial charge in [0.1, 0.15) is 6.61 Å². The highest BCUT2D eigenvalue weighted by Crippen LogP contribution is 2.18. The van der Waals surface area contributed by atoms with Gasteiger partial charge in [0.15, 0.2) is 0 Å². The summed E-state index contributed by atoms with van der Waals surface area (Å²) in [5.74, 6) is -3.43. The van der Waals surface area contributed by atoms with Crippen molar-refractivity contribution in [3.8, 4) is 0 Å². The van der Waals surface area contributed by atoms with E-state index in [1.54, 1.807) is 27.7 Å². The molecule has 0 aromatic heterocycles. The van der Waals surface area contributed by atoms with Gasteiger partial charge in [0.25, 0.3) is 0 Å². The average Bonchev–Trinajstić information content (AvgIpc) is 2.35. The third-order valence-electron chi connectivity index (χ3n) is 2.04. The standard InChI is InChI=1S/C12H22O6/c1-5-15-9-10(13)12(17-7-3,18-8-4)11(14)16-6-2/h5-9H2,1-4H3. The molecule has 6 heteroatoms. The van der Waals surface area contributed by atoms with Crippen LogP contribution in [0.2, 0.25) is 0 Å². The number of ether oxygens (including phenoxy) is 4. The molecule has 0 atom stereocenters. The number of Topliss-reactive ketones (excluding diaryl/α,β-unsaturated/α-hetero) is 1. The van der Waals surface area contributed by atoms with Crippen molar-refractivity contribution in [3.05, 3.63) is 0 Å². The van der Waals surface area contributed by atoms with Crippen molar-refractivity contribution in [1.29, 1.82) is 0 Å². The predicted octanol–water partition coefficient (Wildman–Crippen LogP) is 0.924. The van der Waals surface area contributed by atoms with Gasteiger partial charge in [-0.15, -0.1) is 0 Å². The Morgan fingerprint density at radius 1 is 0.889 bits per heavy atom. The zero-order valence-corrected chi connectivity index (χ0v) is 11.5. The minimum atomic E-state index is -2.01. The summed E-state index contributed by atoms with van der Waals surface area (Å²) < 4.78 is 20.3. The fourth-order valence-electron chi connectivity index (χ4n) is 1.36. The lowest BCUT2D eigenvalue weighted by Gasteiger charge is -2.28. The summed E-state index contributed by atoms with van der Waals surface area (Å²) in [5, 5.41) is 0. The number of carbonyl (C=O) groups is 2. The Hall–Kier alpha value is -0.980. The summed E-state index contributed by atoms with van der Waals surface area (Å²) in [6, 6.07) is 0. The maximum absolute atomic E-state index is 12.0. The quantitative estimate of drug-likeness (QED) is 0.331. The van der Waals surface area contributed by atoms with Crippen molar-refractivity contribution in [2.45, 2.75) is 33.5 Å². The summed E-state index contributed by atoms with van der Waals surface area (Å²) in [6.45, 7) is 7.28. The number of hydrogen-bond acceptors (Lipinski definition) is 6. The topological polar surface area (TPSA) is 71.1 Å². The van der Waals surface area contributed by atoms with Gasteiger partial charge in [0, 0.05) is 19.8 Å². The van der Waals surface area contributed by atoms with Crippen LogP contribution in [0.15, 0.2) is 0 Å². The van der Waals surface area contributed by atoms with E-state index < -0.39 is 17.5 Å². The molecule has 0 aliphatic heterocycles. The Kier molecular flexibility index (Phi) is 8.53. The van der Waals surface area contributed by atoms with Gasteiger partial charge < -0.3 is 18.9 Å². The van der Waals surface area contributed by atoms with Crippen molar-refractivity contribution in [2.24, 2.45) is 0 Å². The molecule has 0 radical (unpaired) electrons. The highest BCUT2D eigenvalue weighted by Gasteiger charge is 2.49. The van der Waals surface area contributed by atoms with Crippen LogP contribution in [0.1, 0.15) is 27.7 Å². The fraction of sp³-hybridized carbons (Fsp3) is 0.833. The Labute approximate surface area is 108 Å². The monoisotopic (exact) mass is 262 g/mol. The second kappa shape index (κ2) is 9.02. The van der Waals surface area contributed by atoms with Gasteiger partial charge in [0.05, 0.1) is 6.61 Å². The van der Waals surface area contributed by atoms with Crippen LogP contribution >= 0.6 is 0 Å². The summed E-state index contributed by atoms with van der Waals surface area (Å²) in [5.41, 5.74) is 0. The van der Waals surface area contributed by atoms with Gasteiger partial charge in [-0.2, -0.15) is 0 Å². The molecule has 18 heavy (non-hydrogen) atoms. The van der Waals surface area contributed by atoms with Gasteiger partial charge in [0.2, 0.25) is 5.78 Å². The molecule has 0 fully saturated rings. The zero-order chi connectivity index (χ0) is 14.0. The molecule has 0 unspecified atom stereocenters. The van der Waals surface area contributed by atoms with Gasteiger partial charge in [-0.05, 0) is 27.7 Å². The minimum Gasteiger partial charge on any atom is -0.462 e. The molecule has 0 aromatic carbocycles. The predicted molar refractivity (Wildman–Crippen MR) is 64.1 cm³/mol.